The standard InChI is InChI=1S/C21H20Cl2N2OS/c1-21(2,3)18-12-19(26-16-10-8-15(22)9-11-16)25-20(24-18)27-13-14-6-4-5-7-17(14)23/h4-12H,13H2,1-3H3. The summed E-state index contributed by atoms with van der Waals surface area (Å²) in [6.07, 6.45) is 0. The fourth-order valence-corrected chi connectivity index (χ4v) is 3.55. The summed E-state index contributed by atoms with van der Waals surface area (Å²) in [4.78, 5) is 9.28. The molecule has 1 aromatic heterocycles. The van der Waals surface area contributed by atoms with Gasteiger partial charge in [0.25, 0.3) is 0 Å². The number of aromatic nitrogens is 2. The van der Waals surface area contributed by atoms with Gasteiger partial charge in [0.1, 0.15) is 5.75 Å². The van der Waals surface area contributed by atoms with Gasteiger partial charge in [0, 0.05) is 27.3 Å². The molecule has 0 N–H and O–H groups in total. The molecule has 3 nitrogen and oxygen atoms in total. The second kappa shape index (κ2) is 8.51. The maximum Gasteiger partial charge on any atom is 0.223 e. The molecule has 2 aromatic carbocycles. The lowest BCUT2D eigenvalue weighted by Gasteiger charge is -2.19. The van der Waals surface area contributed by atoms with Crippen LogP contribution in [0.5, 0.6) is 11.6 Å². The molecular formula is C21H20Cl2N2OS. The van der Waals surface area contributed by atoms with Gasteiger partial charge in [-0.1, -0.05) is 73.9 Å². The van der Waals surface area contributed by atoms with Gasteiger partial charge in [-0.25, -0.2) is 4.98 Å². The number of nitrogens with zero attached hydrogens (tertiary/aromatic N) is 2. The Labute approximate surface area is 174 Å². The molecule has 140 valence electrons. The normalized spacial score (nSPS) is 11.4. The van der Waals surface area contributed by atoms with Gasteiger partial charge in [-0.05, 0) is 35.9 Å². The summed E-state index contributed by atoms with van der Waals surface area (Å²) >= 11 is 13.7. The van der Waals surface area contributed by atoms with Crippen LogP contribution in [0, 0.1) is 0 Å². The highest BCUT2D eigenvalue weighted by molar-refractivity contribution is 7.98. The summed E-state index contributed by atoms with van der Waals surface area (Å²) in [5.74, 6) is 1.88. The van der Waals surface area contributed by atoms with Crippen LogP contribution in [-0.4, -0.2) is 9.97 Å². The number of thioether (sulfide) groups is 1. The number of benzene rings is 2. The summed E-state index contributed by atoms with van der Waals surface area (Å²) in [5, 5.41) is 2.07. The average molecular weight is 419 g/mol. The molecule has 0 aliphatic rings. The maximum atomic E-state index is 6.26. The lowest BCUT2D eigenvalue weighted by molar-refractivity contribution is 0.447. The minimum absolute atomic E-state index is 0.124. The van der Waals surface area contributed by atoms with E-state index in [1.54, 1.807) is 12.1 Å². The van der Waals surface area contributed by atoms with Gasteiger partial charge >= 0.3 is 0 Å². The van der Waals surface area contributed by atoms with E-state index in [4.69, 9.17) is 32.9 Å². The lowest BCUT2D eigenvalue weighted by atomic mass is 9.92. The van der Waals surface area contributed by atoms with E-state index in [-0.39, 0.29) is 5.41 Å². The number of hydrogen-bond donors (Lipinski definition) is 0. The molecule has 0 bridgehead atoms. The topological polar surface area (TPSA) is 35.0 Å². The molecule has 0 saturated heterocycles. The Kier molecular flexibility index (Phi) is 6.30. The first kappa shape index (κ1) is 20.0. The number of ether oxygens (including phenoxy) is 1. The molecule has 0 aliphatic heterocycles. The first-order chi connectivity index (χ1) is 12.8. The van der Waals surface area contributed by atoms with E-state index in [0.717, 1.165) is 16.3 Å². The minimum atomic E-state index is -0.124. The molecule has 0 radical (unpaired) electrons. The molecule has 27 heavy (non-hydrogen) atoms. The first-order valence-electron chi connectivity index (χ1n) is 8.50. The largest absolute Gasteiger partial charge is 0.439 e. The van der Waals surface area contributed by atoms with Crippen LogP contribution in [0.25, 0.3) is 0 Å². The zero-order valence-corrected chi connectivity index (χ0v) is 17.7. The summed E-state index contributed by atoms with van der Waals surface area (Å²) < 4.78 is 5.94. The van der Waals surface area contributed by atoms with Crippen molar-refractivity contribution in [1.82, 2.24) is 9.97 Å². The van der Waals surface area contributed by atoms with E-state index in [9.17, 15) is 0 Å². The fraction of sp³-hybridized carbons (Fsp3) is 0.238. The van der Waals surface area contributed by atoms with Gasteiger partial charge in [-0.3, -0.25) is 0 Å². The molecule has 1 heterocycles. The Morgan fingerprint density at radius 1 is 0.963 bits per heavy atom. The van der Waals surface area contributed by atoms with Crippen molar-refractivity contribution >= 4 is 35.0 Å². The minimum Gasteiger partial charge on any atom is -0.439 e. The Balaban J connectivity index is 1.86. The molecule has 3 aromatic rings. The van der Waals surface area contributed by atoms with Crippen molar-refractivity contribution < 1.29 is 4.74 Å². The predicted octanol–water partition coefficient (Wildman–Crippen LogP) is 7.17. The van der Waals surface area contributed by atoms with E-state index in [2.05, 4.69) is 25.8 Å². The van der Waals surface area contributed by atoms with Crippen molar-refractivity contribution in [3.63, 3.8) is 0 Å². The highest BCUT2D eigenvalue weighted by atomic mass is 35.5. The fourth-order valence-electron chi connectivity index (χ4n) is 2.29. The van der Waals surface area contributed by atoms with E-state index >= 15 is 0 Å². The van der Waals surface area contributed by atoms with Crippen molar-refractivity contribution in [1.29, 1.82) is 0 Å². The third-order valence-corrected chi connectivity index (χ3v) is 5.32. The van der Waals surface area contributed by atoms with Crippen molar-refractivity contribution in [3.05, 3.63) is 75.9 Å². The van der Waals surface area contributed by atoms with Crippen LogP contribution in [0.1, 0.15) is 32.0 Å². The predicted molar refractivity (Wildman–Crippen MR) is 113 cm³/mol. The molecule has 0 amide bonds. The highest BCUT2D eigenvalue weighted by Gasteiger charge is 2.19. The zero-order valence-electron chi connectivity index (χ0n) is 15.4. The van der Waals surface area contributed by atoms with Crippen LogP contribution in [-0.2, 0) is 11.2 Å². The lowest BCUT2D eigenvalue weighted by Crippen LogP contribution is -2.14. The molecule has 3 rings (SSSR count). The maximum absolute atomic E-state index is 6.26. The third kappa shape index (κ3) is 5.61. The molecule has 0 atom stereocenters. The van der Waals surface area contributed by atoms with Crippen molar-refractivity contribution in [3.8, 4) is 11.6 Å². The SMILES string of the molecule is CC(C)(C)c1cc(Oc2ccc(Cl)cc2)nc(SCc2ccccc2Cl)n1. The van der Waals surface area contributed by atoms with E-state index in [1.165, 1.54) is 11.8 Å². The van der Waals surface area contributed by atoms with Gasteiger partial charge in [0.05, 0.1) is 5.69 Å². The highest BCUT2D eigenvalue weighted by Crippen LogP contribution is 2.31. The van der Waals surface area contributed by atoms with Gasteiger partial charge < -0.3 is 4.74 Å². The van der Waals surface area contributed by atoms with Crippen molar-refractivity contribution in [2.75, 3.05) is 0 Å². The Morgan fingerprint density at radius 2 is 1.67 bits per heavy atom. The monoisotopic (exact) mass is 418 g/mol. The van der Waals surface area contributed by atoms with E-state index < -0.39 is 0 Å². The van der Waals surface area contributed by atoms with Gasteiger partial charge in [-0.2, -0.15) is 4.98 Å². The second-order valence-corrected chi connectivity index (χ2v) is 8.85. The van der Waals surface area contributed by atoms with Gasteiger partial charge in [0.2, 0.25) is 5.88 Å². The summed E-state index contributed by atoms with van der Waals surface area (Å²) in [6, 6.07) is 16.9. The molecule has 0 spiro atoms. The summed E-state index contributed by atoms with van der Waals surface area (Å²) in [5.41, 5.74) is 1.85. The molecule has 0 aliphatic carbocycles. The van der Waals surface area contributed by atoms with E-state index in [0.29, 0.717) is 27.6 Å². The molecule has 6 heteroatoms. The molecular weight excluding hydrogens is 399 g/mol. The molecule has 0 unspecified atom stereocenters. The molecule has 0 fully saturated rings. The summed E-state index contributed by atoms with van der Waals surface area (Å²) in [7, 11) is 0. The van der Waals surface area contributed by atoms with Crippen molar-refractivity contribution in [2.45, 2.75) is 37.1 Å². The van der Waals surface area contributed by atoms with Crippen molar-refractivity contribution in [2.24, 2.45) is 0 Å². The first-order valence-corrected chi connectivity index (χ1v) is 10.2. The Morgan fingerprint density at radius 3 is 2.33 bits per heavy atom. The Hall–Kier alpha value is -1.75. The number of hydrogen-bond acceptors (Lipinski definition) is 4. The molecule has 0 saturated carbocycles. The summed E-state index contributed by atoms with van der Waals surface area (Å²) in [6.45, 7) is 6.34. The smallest absolute Gasteiger partial charge is 0.223 e. The third-order valence-electron chi connectivity index (χ3n) is 3.80. The average Bonchev–Trinajstić information content (AvgIpc) is 2.62. The van der Waals surface area contributed by atoms with Crippen LogP contribution >= 0.6 is 35.0 Å². The van der Waals surface area contributed by atoms with Crippen LogP contribution in [0.3, 0.4) is 0 Å². The Bertz CT molecular complexity index is 924. The zero-order chi connectivity index (χ0) is 19.4. The van der Waals surface area contributed by atoms with Crippen LogP contribution in [0.15, 0.2) is 59.8 Å². The second-order valence-electron chi connectivity index (χ2n) is 7.06. The van der Waals surface area contributed by atoms with E-state index in [1.807, 2.05) is 42.5 Å². The van der Waals surface area contributed by atoms with Crippen LogP contribution in [0.4, 0.5) is 0 Å². The number of rotatable bonds is 5. The van der Waals surface area contributed by atoms with Gasteiger partial charge in [-0.15, -0.1) is 0 Å². The van der Waals surface area contributed by atoms with Gasteiger partial charge in [0.15, 0.2) is 5.16 Å². The van der Waals surface area contributed by atoms with Crippen LogP contribution < -0.4 is 4.74 Å². The number of halogens is 2. The quantitative estimate of drug-likeness (QED) is 0.325. The van der Waals surface area contributed by atoms with Crippen LogP contribution in [0.2, 0.25) is 10.0 Å².